The van der Waals surface area contributed by atoms with Crippen LogP contribution in [0.25, 0.3) is 0 Å². The lowest BCUT2D eigenvalue weighted by atomic mass is 10.1. The van der Waals surface area contributed by atoms with Gasteiger partial charge in [0.25, 0.3) is 0 Å². The fourth-order valence-electron chi connectivity index (χ4n) is 1.17. The van der Waals surface area contributed by atoms with Gasteiger partial charge in [-0.15, -0.1) is 12.3 Å². The van der Waals surface area contributed by atoms with Crippen molar-refractivity contribution in [2.45, 2.75) is 25.8 Å². The van der Waals surface area contributed by atoms with Crippen LogP contribution in [0.3, 0.4) is 0 Å². The van der Waals surface area contributed by atoms with Crippen molar-refractivity contribution in [2.75, 3.05) is 5.32 Å². The molecule has 3 heteroatoms. The van der Waals surface area contributed by atoms with E-state index < -0.39 is 0 Å². The molecule has 0 aromatic carbocycles. The molecular formula is C11H13BrN2. The Morgan fingerprint density at radius 2 is 2.43 bits per heavy atom. The first kappa shape index (κ1) is 11.1. The van der Waals surface area contributed by atoms with Crippen LogP contribution in [-0.2, 0) is 0 Å². The molecule has 1 aromatic heterocycles. The van der Waals surface area contributed by atoms with E-state index in [2.05, 4.69) is 39.1 Å². The minimum atomic E-state index is 0.330. The summed E-state index contributed by atoms with van der Waals surface area (Å²) in [6.45, 7) is 2.11. The van der Waals surface area contributed by atoms with Gasteiger partial charge in [0, 0.05) is 23.1 Å². The summed E-state index contributed by atoms with van der Waals surface area (Å²) >= 11 is 3.37. The molecule has 0 aliphatic rings. The van der Waals surface area contributed by atoms with Crippen molar-refractivity contribution in [1.29, 1.82) is 0 Å². The normalized spacial score (nSPS) is 11.8. The second kappa shape index (κ2) is 5.66. The number of nitrogens with one attached hydrogen (secondary N) is 1. The molecule has 1 rings (SSSR count). The molecule has 0 fully saturated rings. The Hall–Kier alpha value is -1.01. The molecule has 0 aliphatic carbocycles. The van der Waals surface area contributed by atoms with Crippen molar-refractivity contribution >= 4 is 21.6 Å². The minimum absolute atomic E-state index is 0.330. The van der Waals surface area contributed by atoms with E-state index in [1.54, 1.807) is 12.4 Å². The molecular weight excluding hydrogens is 240 g/mol. The second-order valence-corrected chi connectivity index (χ2v) is 3.97. The summed E-state index contributed by atoms with van der Waals surface area (Å²) < 4.78 is 0.970. The van der Waals surface area contributed by atoms with Crippen LogP contribution in [0, 0.1) is 12.3 Å². The van der Waals surface area contributed by atoms with E-state index in [-0.39, 0.29) is 0 Å². The Morgan fingerprint density at radius 1 is 1.64 bits per heavy atom. The van der Waals surface area contributed by atoms with Crippen LogP contribution in [0.2, 0.25) is 0 Å². The van der Waals surface area contributed by atoms with Gasteiger partial charge in [-0.2, -0.15) is 0 Å². The van der Waals surface area contributed by atoms with E-state index in [1.165, 1.54) is 0 Å². The first-order chi connectivity index (χ1) is 6.76. The van der Waals surface area contributed by atoms with Crippen molar-refractivity contribution in [3.8, 4) is 12.3 Å². The first-order valence-electron chi connectivity index (χ1n) is 4.56. The number of anilines is 1. The van der Waals surface area contributed by atoms with E-state index in [0.29, 0.717) is 6.04 Å². The first-order valence-corrected chi connectivity index (χ1v) is 5.36. The smallest absolute Gasteiger partial charge is 0.0540 e. The Kier molecular flexibility index (Phi) is 4.48. The minimum Gasteiger partial charge on any atom is -0.380 e. The number of pyridine rings is 1. The number of terminal acetylenes is 1. The number of hydrogen-bond donors (Lipinski definition) is 1. The Bertz CT molecular complexity index is 330. The molecule has 14 heavy (non-hydrogen) atoms. The lowest BCUT2D eigenvalue weighted by Crippen LogP contribution is -2.17. The van der Waals surface area contributed by atoms with Gasteiger partial charge in [-0.3, -0.25) is 4.98 Å². The van der Waals surface area contributed by atoms with Gasteiger partial charge in [-0.25, -0.2) is 0 Å². The fourth-order valence-corrected chi connectivity index (χ4v) is 1.53. The highest BCUT2D eigenvalue weighted by molar-refractivity contribution is 9.10. The highest BCUT2D eigenvalue weighted by Crippen LogP contribution is 2.15. The molecule has 0 radical (unpaired) electrons. The molecule has 0 saturated carbocycles. The maximum absolute atomic E-state index is 5.27. The predicted molar refractivity (Wildman–Crippen MR) is 63.1 cm³/mol. The average molecular weight is 253 g/mol. The fraction of sp³-hybridized carbons (Fsp3) is 0.364. The van der Waals surface area contributed by atoms with E-state index in [4.69, 9.17) is 6.42 Å². The zero-order chi connectivity index (χ0) is 10.4. The van der Waals surface area contributed by atoms with Crippen LogP contribution >= 0.6 is 15.9 Å². The maximum atomic E-state index is 5.27. The number of aromatic nitrogens is 1. The van der Waals surface area contributed by atoms with Gasteiger partial charge in [-0.05, 0) is 28.4 Å². The van der Waals surface area contributed by atoms with Gasteiger partial charge < -0.3 is 5.32 Å². The molecule has 0 amide bonds. The summed E-state index contributed by atoms with van der Waals surface area (Å²) in [4.78, 5) is 4.07. The molecule has 74 valence electrons. The van der Waals surface area contributed by atoms with Crippen molar-refractivity contribution in [1.82, 2.24) is 4.98 Å². The van der Waals surface area contributed by atoms with E-state index >= 15 is 0 Å². The topological polar surface area (TPSA) is 24.9 Å². The molecule has 2 nitrogen and oxygen atoms in total. The summed E-state index contributed by atoms with van der Waals surface area (Å²) in [5.74, 6) is 2.66. The van der Waals surface area contributed by atoms with Crippen molar-refractivity contribution in [3.63, 3.8) is 0 Å². The summed E-state index contributed by atoms with van der Waals surface area (Å²) in [5, 5.41) is 3.34. The lowest BCUT2D eigenvalue weighted by Gasteiger charge is -2.15. The number of hydrogen-bond acceptors (Lipinski definition) is 2. The zero-order valence-corrected chi connectivity index (χ0v) is 9.71. The predicted octanol–water partition coefficient (Wildman–Crippen LogP) is 3.06. The Balaban J connectivity index is 2.63. The van der Waals surface area contributed by atoms with Gasteiger partial charge in [0.2, 0.25) is 0 Å². The van der Waals surface area contributed by atoms with Gasteiger partial charge >= 0.3 is 0 Å². The standard InChI is InChI=1S/C11H13BrN2/c1-3-5-10(4-2)14-11-6-9(12)7-13-8-11/h1,6-8,10,14H,4-5H2,2H3. The average Bonchev–Trinajstić information content (AvgIpc) is 2.17. The Labute approximate surface area is 93.3 Å². The summed E-state index contributed by atoms with van der Waals surface area (Å²) in [7, 11) is 0. The van der Waals surface area contributed by atoms with Gasteiger partial charge in [0.1, 0.15) is 0 Å². The molecule has 1 heterocycles. The van der Waals surface area contributed by atoms with Crippen LogP contribution < -0.4 is 5.32 Å². The van der Waals surface area contributed by atoms with Gasteiger partial charge in [-0.1, -0.05) is 6.92 Å². The van der Waals surface area contributed by atoms with Crippen LogP contribution in [0.4, 0.5) is 5.69 Å². The monoisotopic (exact) mass is 252 g/mol. The van der Waals surface area contributed by atoms with E-state index in [0.717, 1.165) is 23.0 Å². The van der Waals surface area contributed by atoms with Gasteiger partial charge in [0.05, 0.1) is 11.9 Å². The highest BCUT2D eigenvalue weighted by atomic mass is 79.9. The second-order valence-electron chi connectivity index (χ2n) is 3.05. The summed E-state index contributed by atoms with van der Waals surface area (Å²) in [6.07, 6.45) is 10.6. The number of nitrogens with zero attached hydrogens (tertiary/aromatic N) is 1. The molecule has 0 saturated heterocycles. The number of halogens is 1. The van der Waals surface area contributed by atoms with E-state index in [9.17, 15) is 0 Å². The third-order valence-corrected chi connectivity index (χ3v) is 2.37. The summed E-state index contributed by atoms with van der Waals surface area (Å²) in [5.41, 5.74) is 1.00. The quantitative estimate of drug-likeness (QED) is 0.834. The van der Waals surface area contributed by atoms with Crippen LogP contribution in [0.1, 0.15) is 19.8 Å². The molecule has 1 atom stereocenters. The highest BCUT2D eigenvalue weighted by Gasteiger charge is 2.04. The van der Waals surface area contributed by atoms with E-state index in [1.807, 2.05) is 6.07 Å². The lowest BCUT2D eigenvalue weighted by molar-refractivity contribution is 0.715. The molecule has 1 aromatic rings. The largest absolute Gasteiger partial charge is 0.380 e. The maximum Gasteiger partial charge on any atom is 0.0540 e. The van der Waals surface area contributed by atoms with Crippen molar-refractivity contribution in [3.05, 3.63) is 22.9 Å². The van der Waals surface area contributed by atoms with Crippen LogP contribution in [0.5, 0.6) is 0 Å². The zero-order valence-electron chi connectivity index (χ0n) is 8.13. The third-order valence-electron chi connectivity index (χ3n) is 1.93. The van der Waals surface area contributed by atoms with Crippen molar-refractivity contribution < 1.29 is 0 Å². The molecule has 0 aliphatic heterocycles. The third kappa shape index (κ3) is 3.39. The van der Waals surface area contributed by atoms with Crippen LogP contribution in [-0.4, -0.2) is 11.0 Å². The van der Waals surface area contributed by atoms with Gasteiger partial charge in [0.15, 0.2) is 0 Å². The SMILES string of the molecule is C#CCC(CC)Nc1cncc(Br)c1. The summed E-state index contributed by atoms with van der Waals surface area (Å²) in [6, 6.07) is 2.32. The molecule has 0 spiro atoms. The van der Waals surface area contributed by atoms with Crippen molar-refractivity contribution in [2.24, 2.45) is 0 Å². The number of rotatable bonds is 4. The Morgan fingerprint density at radius 3 is 3.00 bits per heavy atom. The van der Waals surface area contributed by atoms with Crippen LogP contribution in [0.15, 0.2) is 22.9 Å². The molecule has 0 bridgehead atoms. The molecule has 1 unspecified atom stereocenters. The molecule has 1 N–H and O–H groups in total.